The molecule has 0 aromatic carbocycles. The van der Waals surface area contributed by atoms with Crippen molar-refractivity contribution in [3.8, 4) is 0 Å². The molecule has 0 radical (unpaired) electrons. The number of fused-ring (bicyclic) bond motifs is 1. The van der Waals surface area contributed by atoms with E-state index in [9.17, 15) is 8.42 Å². The second kappa shape index (κ2) is 5.87. The first-order valence-corrected chi connectivity index (χ1v) is 8.67. The Hall–Kier alpha value is 0.150. The zero-order chi connectivity index (χ0) is 12.8. The fourth-order valence-corrected chi connectivity index (χ4v) is 5.93. The number of halogens is 2. The van der Waals surface area contributed by atoms with Gasteiger partial charge in [0, 0.05) is 13.1 Å². The third kappa shape index (κ3) is 2.94. The molecule has 2 aliphatic rings. The van der Waals surface area contributed by atoms with Gasteiger partial charge in [-0.15, -0.1) is 23.7 Å². The zero-order valence-electron chi connectivity index (χ0n) is 10.2. The molecule has 8 heteroatoms. The van der Waals surface area contributed by atoms with Crippen LogP contribution >= 0.6 is 35.3 Å². The van der Waals surface area contributed by atoms with Crippen LogP contribution in [0.3, 0.4) is 0 Å². The lowest BCUT2D eigenvalue weighted by Gasteiger charge is -2.33. The predicted octanol–water partition coefficient (Wildman–Crippen LogP) is 2.05. The van der Waals surface area contributed by atoms with Crippen LogP contribution in [0.4, 0.5) is 0 Å². The van der Waals surface area contributed by atoms with Crippen molar-refractivity contribution < 1.29 is 8.42 Å². The van der Waals surface area contributed by atoms with E-state index < -0.39 is 10.0 Å². The first kappa shape index (κ1) is 15.5. The van der Waals surface area contributed by atoms with Crippen LogP contribution in [0.2, 0.25) is 4.34 Å². The molecule has 3 rings (SSSR count). The molecule has 2 atom stereocenters. The van der Waals surface area contributed by atoms with E-state index in [0.29, 0.717) is 33.5 Å². The molecule has 2 unspecified atom stereocenters. The van der Waals surface area contributed by atoms with Crippen molar-refractivity contribution in [3.05, 3.63) is 16.5 Å². The van der Waals surface area contributed by atoms with Crippen LogP contribution in [0.25, 0.3) is 0 Å². The summed E-state index contributed by atoms with van der Waals surface area (Å²) in [6, 6.07) is 3.24. The molecule has 1 aromatic heterocycles. The van der Waals surface area contributed by atoms with E-state index >= 15 is 0 Å². The fraction of sp³-hybridized carbons (Fsp3) is 0.636. The molecular formula is C11H16Cl2N2O2S2. The van der Waals surface area contributed by atoms with Crippen LogP contribution in [0.1, 0.15) is 6.42 Å². The van der Waals surface area contributed by atoms with Gasteiger partial charge in [0.25, 0.3) is 10.0 Å². The third-order valence-corrected chi connectivity index (χ3v) is 7.37. The van der Waals surface area contributed by atoms with Crippen molar-refractivity contribution in [2.45, 2.75) is 10.6 Å². The van der Waals surface area contributed by atoms with Gasteiger partial charge in [-0.1, -0.05) is 11.6 Å². The summed E-state index contributed by atoms with van der Waals surface area (Å²) in [5.74, 6) is 1.10. The second-order valence-corrected chi connectivity index (χ2v) is 8.77. The van der Waals surface area contributed by atoms with E-state index in [4.69, 9.17) is 11.6 Å². The highest BCUT2D eigenvalue weighted by Crippen LogP contribution is 2.33. The molecule has 0 bridgehead atoms. The van der Waals surface area contributed by atoms with Gasteiger partial charge in [0.1, 0.15) is 4.21 Å². The van der Waals surface area contributed by atoms with Crippen molar-refractivity contribution in [2.75, 3.05) is 26.2 Å². The number of piperidine rings is 1. The summed E-state index contributed by atoms with van der Waals surface area (Å²) in [4.78, 5) is 0. The monoisotopic (exact) mass is 342 g/mol. The van der Waals surface area contributed by atoms with Crippen LogP contribution in [-0.2, 0) is 10.0 Å². The Morgan fingerprint density at radius 3 is 2.74 bits per heavy atom. The first-order chi connectivity index (χ1) is 8.57. The number of sulfonamides is 1. The van der Waals surface area contributed by atoms with E-state index in [0.717, 1.165) is 30.8 Å². The maximum absolute atomic E-state index is 12.4. The smallest absolute Gasteiger partial charge is 0.252 e. The molecule has 2 saturated heterocycles. The summed E-state index contributed by atoms with van der Waals surface area (Å²) in [6.45, 7) is 3.22. The summed E-state index contributed by atoms with van der Waals surface area (Å²) in [7, 11) is -3.34. The summed E-state index contributed by atoms with van der Waals surface area (Å²) in [6.07, 6.45) is 0.954. The molecule has 0 amide bonds. The van der Waals surface area contributed by atoms with Crippen LogP contribution in [0.15, 0.2) is 16.3 Å². The van der Waals surface area contributed by atoms with Gasteiger partial charge in [0.15, 0.2) is 0 Å². The predicted molar refractivity (Wildman–Crippen MR) is 79.8 cm³/mol. The molecule has 2 aliphatic heterocycles. The molecular weight excluding hydrogens is 327 g/mol. The highest BCUT2D eigenvalue weighted by atomic mass is 35.5. The Kier molecular flexibility index (Phi) is 4.80. The van der Waals surface area contributed by atoms with Crippen LogP contribution < -0.4 is 5.32 Å². The second-order valence-electron chi connectivity index (χ2n) is 4.89. The molecule has 19 heavy (non-hydrogen) atoms. The van der Waals surface area contributed by atoms with E-state index in [1.165, 1.54) is 0 Å². The SMILES string of the molecule is Cl.O=S(=O)(c1ccc(Cl)s1)N1CCC2CNCC2C1. The Bertz CT molecular complexity index is 547. The number of hydrogen-bond donors (Lipinski definition) is 1. The van der Waals surface area contributed by atoms with Gasteiger partial charge in [0.05, 0.1) is 4.34 Å². The van der Waals surface area contributed by atoms with Gasteiger partial charge < -0.3 is 5.32 Å². The number of hydrogen-bond acceptors (Lipinski definition) is 4. The maximum atomic E-state index is 12.4. The van der Waals surface area contributed by atoms with Crippen LogP contribution in [-0.4, -0.2) is 38.9 Å². The molecule has 0 spiro atoms. The van der Waals surface area contributed by atoms with Gasteiger partial charge in [0.2, 0.25) is 0 Å². The van der Waals surface area contributed by atoms with Crippen molar-refractivity contribution >= 4 is 45.4 Å². The average molecular weight is 343 g/mol. The Morgan fingerprint density at radius 1 is 1.32 bits per heavy atom. The number of nitrogens with one attached hydrogen (secondary N) is 1. The van der Waals surface area contributed by atoms with E-state index in [2.05, 4.69) is 5.32 Å². The summed E-state index contributed by atoms with van der Waals surface area (Å²) in [5, 5.41) is 3.34. The normalized spacial score (nSPS) is 27.8. The number of rotatable bonds is 2. The average Bonchev–Trinajstić information content (AvgIpc) is 2.96. The van der Waals surface area contributed by atoms with Gasteiger partial charge in [-0.2, -0.15) is 4.31 Å². The van der Waals surface area contributed by atoms with Crippen LogP contribution in [0.5, 0.6) is 0 Å². The van der Waals surface area contributed by atoms with Gasteiger partial charge in [-0.3, -0.25) is 0 Å². The molecule has 2 fully saturated rings. The van der Waals surface area contributed by atoms with Crippen molar-refractivity contribution in [3.63, 3.8) is 0 Å². The van der Waals surface area contributed by atoms with Crippen molar-refractivity contribution in [2.24, 2.45) is 11.8 Å². The summed E-state index contributed by atoms with van der Waals surface area (Å²) >= 11 is 6.95. The standard InChI is InChI=1S/C11H15ClN2O2S2.ClH/c12-10-1-2-11(17-10)18(15,16)14-4-3-8-5-13-6-9(8)7-14;/h1-2,8-9,13H,3-7H2;1H. The van der Waals surface area contributed by atoms with E-state index in [1.807, 2.05) is 0 Å². The fourth-order valence-electron chi connectivity index (χ4n) is 2.78. The largest absolute Gasteiger partial charge is 0.316 e. The zero-order valence-corrected chi connectivity index (χ0v) is 13.4. The number of thiophene rings is 1. The number of nitrogens with zero attached hydrogens (tertiary/aromatic N) is 1. The Balaban J connectivity index is 0.00000133. The van der Waals surface area contributed by atoms with Gasteiger partial charge in [-0.05, 0) is 43.5 Å². The molecule has 0 saturated carbocycles. The highest BCUT2D eigenvalue weighted by Gasteiger charge is 2.38. The third-order valence-electron chi connectivity index (χ3n) is 3.81. The molecule has 4 nitrogen and oxygen atoms in total. The highest BCUT2D eigenvalue weighted by molar-refractivity contribution is 7.91. The van der Waals surface area contributed by atoms with Crippen LogP contribution in [0, 0.1) is 11.8 Å². The lowest BCUT2D eigenvalue weighted by molar-refractivity contribution is 0.228. The summed E-state index contributed by atoms with van der Waals surface area (Å²) < 4.78 is 27.4. The van der Waals surface area contributed by atoms with Crippen molar-refractivity contribution in [1.82, 2.24) is 9.62 Å². The van der Waals surface area contributed by atoms with E-state index in [1.54, 1.807) is 16.4 Å². The van der Waals surface area contributed by atoms with E-state index in [-0.39, 0.29) is 12.4 Å². The quantitative estimate of drug-likeness (QED) is 0.894. The van der Waals surface area contributed by atoms with Gasteiger partial charge in [-0.25, -0.2) is 8.42 Å². The maximum Gasteiger partial charge on any atom is 0.252 e. The first-order valence-electron chi connectivity index (χ1n) is 6.03. The molecule has 1 aromatic rings. The topological polar surface area (TPSA) is 49.4 Å². The minimum Gasteiger partial charge on any atom is -0.316 e. The van der Waals surface area contributed by atoms with Gasteiger partial charge >= 0.3 is 0 Å². The lowest BCUT2D eigenvalue weighted by atomic mass is 9.90. The Labute approximate surface area is 128 Å². The minimum atomic E-state index is -3.34. The summed E-state index contributed by atoms with van der Waals surface area (Å²) in [5.41, 5.74) is 0. The minimum absolute atomic E-state index is 0. The molecule has 1 N–H and O–H groups in total. The molecule has 0 aliphatic carbocycles. The lowest BCUT2D eigenvalue weighted by Crippen LogP contribution is -2.43. The Morgan fingerprint density at radius 2 is 2.05 bits per heavy atom. The molecule has 3 heterocycles. The van der Waals surface area contributed by atoms with Crippen molar-refractivity contribution in [1.29, 1.82) is 0 Å². The molecule has 108 valence electrons.